The molecule has 0 bridgehead atoms. The van der Waals surface area contributed by atoms with E-state index in [0.717, 1.165) is 47.1 Å². The third kappa shape index (κ3) is 16.4. The number of halogens is 6. The van der Waals surface area contributed by atoms with Crippen molar-refractivity contribution in [1.29, 1.82) is 0 Å². The molecular weight excluding hydrogens is 1120 g/mol. The van der Waals surface area contributed by atoms with E-state index < -0.39 is 160 Å². The Balaban J connectivity index is 1.74. The fourth-order valence-corrected chi connectivity index (χ4v) is 8.73. The molecule has 0 aromatic heterocycles. The monoisotopic (exact) mass is 1170 g/mol. The summed E-state index contributed by atoms with van der Waals surface area (Å²) < 4.78 is 67.1. The zero-order valence-electron chi connectivity index (χ0n) is 40.7. The fourth-order valence-electron chi connectivity index (χ4n) is 8.40. The molecule has 3 fully saturated rings. The molecule has 2 saturated heterocycles. The van der Waals surface area contributed by atoms with Crippen LogP contribution in [0.5, 0.6) is 0 Å². The van der Waals surface area contributed by atoms with Gasteiger partial charge in [0.05, 0.1) is 25.2 Å². The second-order valence-corrected chi connectivity index (χ2v) is 21.8. The fraction of sp³-hybridized carbons (Fsp3) is 0.659. The molecule has 2 amide bonds. The molecule has 1 aromatic rings. The SMILES string of the molecule is CC(=O)OC[C@H]1O[C@@H](OC2C(O[C@@H]3O[C@H](COC(C)=O)[C@@H](OC(C)=O)[C@H](OC(C)=O)[C@H]3NC(=O)C(Cl)(Cl)Cl)[C@H]3N=C(N(C)C)O[C@H]3C2COCc2ccccc2)[C@H](NC(=O)C(Cl)(Cl)Cl)[C@@H](OC(C)=O)[C@@H]1OC(C)=O. The minimum absolute atomic E-state index is 0.0373. The molecule has 3 heterocycles. The number of hydrogen-bond acceptors (Lipinski definition) is 22. The van der Waals surface area contributed by atoms with E-state index in [2.05, 4.69) is 10.6 Å². The van der Waals surface area contributed by atoms with Gasteiger partial charge in [-0.1, -0.05) is 99.9 Å². The van der Waals surface area contributed by atoms with E-state index in [1.807, 2.05) is 18.2 Å². The van der Waals surface area contributed by atoms with Crippen LogP contribution in [-0.2, 0) is 102 Å². The van der Waals surface area contributed by atoms with Crippen molar-refractivity contribution in [2.24, 2.45) is 10.9 Å². The number of amidine groups is 1. The smallest absolute Gasteiger partial charge is 0.303 e. The number of fused-ring (bicyclic) bond motifs is 1. The van der Waals surface area contributed by atoms with Crippen LogP contribution >= 0.6 is 69.6 Å². The van der Waals surface area contributed by atoms with E-state index in [-0.39, 0.29) is 19.2 Å². The summed E-state index contributed by atoms with van der Waals surface area (Å²) in [4.78, 5) is 109. The van der Waals surface area contributed by atoms with Gasteiger partial charge in [-0.2, -0.15) is 0 Å². The summed E-state index contributed by atoms with van der Waals surface area (Å²) in [6, 6.07) is 4.44. The van der Waals surface area contributed by atoms with Crippen LogP contribution in [0.15, 0.2) is 35.3 Å². The quantitative estimate of drug-likeness (QED) is 0.121. The van der Waals surface area contributed by atoms with Crippen molar-refractivity contribution in [2.75, 3.05) is 33.9 Å². The maximum atomic E-state index is 13.6. The molecule has 15 atom stereocenters. The first kappa shape index (κ1) is 60.7. The summed E-state index contributed by atoms with van der Waals surface area (Å²) in [7, 11) is 3.28. The predicted molar refractivity (Wildman–Crippen MR) is 256 cm³/mol. The molecule has 1 aliphatic carbocycles. The highest BCUT2D eigenvalue weighted by atomic mass is 35.6. The molecule has 1 aromatic carbocycles. The van der Waals surface area contributed by atoms with E-state index in [1.54, 1.807) is 31.1 Å². The zero-order valence-corrected chi connectivity index (χ0v) is 45.2. The molecule has 24 nitrogen and oxygen atoms in total. The van der Waals surface area contributed by atoms with Crippen molar-refractivity contribution >= 4 is 123 Å². The Bertz CT molecular complexity index is 2240. The topological polar surface area (TPSA) is 287 Å². The Morgan fingerprint density at radius 3 is 1.39 bits per heavy atom. The van der Waals surface area contributed by atoms with Crippen LogP contribution in [0, 0.1) is 5.92 Å². The first-order valence-corrected chi connectivity index (χ1v) is 24.7. The van der Waals surface area contributed by atoms with Crippen molar-refractivity contribution in [3.63, 3.8) is 0 Å². The van der Waals surface area contributed by atoms with Crippen molar-refractivity contribution in [3.05, 3.63) is 35.9 Å². The first-order valence-electron chi connectivity index (χ1n) is 22.4. The Morgan fingerprint density at radius 1 is 0.581 bits per heavy atom. The largest absolute Gasteiger partial charge is 0.463 e. The van der Waals surface area contributed by atoms with Gasteiger partial charge in [-0.15, -0.1) is 0 Å². The van der Waals surface area contributed by atoms with Gasteiger partial charge in [0.1, 0.15) is 55.8 Å². The molecule has 74 heavy (non-hydrogen) atoms. The average molecular weight is 1170 g/mol. The number of aliphatic imine (C=N–C) groups is 1. The number of rotatable bonds is 18. The van der Waals surface area contributed by atoms with E-state index in [4.69, 9.17) is 131 Å². The second-order valence-electron chi connectivity index (χ2n) is 17.2. The minimum Gasteiger partial charge on any atom is -0.463 e. The number of carbonyl (C=O) groups is 8. The van der Waals surface area contributed by atoms with Crippen LogP contribution < -0.4 is 10.6 Å². The number of nitrogens with one attached hydrogen (secondary N) is 2. The lowest BCUT2D eigenvalue weighted by molar-refractivity contribution is -0.318. The van der Waals surface area contributed by atoms with Crippen LogP contribution in [0.4, 0.5) is 0 Å². The number of benzene rings is 1. The highest BCUT2D eigenvalue weighted by molar-refractivity contribution is 6.76. The van der Waals surface area contributed by atoms with E-state index in [9.17, 15) is 38.4 Å². The van der Waals surface area contributed by atoms with E-state index in [0.29, 0.717) is 0 Å². The highest BCUT2D eigenvalue weighted by Gasteiger charge is 2.63. The number of hydrogen-bond donors (Lipinski definition) is 2. The molecule has 3 aliphatic heterocycles. The summed E-state index contributed by atoms with van der Waals surface area (Å²) >= 11 is 36.3. The van der Waals surface area contributed by atoms with Crippen LogP contribution in [0.2, 0.25) is 0 Å². The van der Waals surface area contributed by atoms with Crippen molar-refractivity contribution < 1.29 is 95.2 Å². The summed E-state index contributed by atoms with van der Waals surface area (Å²) in [6.45, 7) is 4.75. The minimum atomic E-state index is -2.68. The standard InChI is InChI=1S/C44H54Cl6N4O20/c1-18(55)64-16-26-33(66-20(3)57)36(68-22(5)59)29(51-40(61)43(45,46)47)38(70-26)72-32-25(15-63-14-24-12-10-9-11-13-24)31-28(53-42(74-31)54(7)8)35(32)73-39-30(52-41(62)44(48,49)50)37(69-23(6)60)34(67-21(4)58)27(71-39)17-65-19(2)56/h9-13,25-39H,14-17H2,1-8H3,(H,51,61)(H,52,62)/t25?,26-,27-,28+,29-,30-,31+,32?,33-,34-,35?,36-,37-,38+,39+/m1/s1. The van der Waals surface area contributed by atoms with Gasteiger partial charge in [-0.3, -0.25) is 38.4 Å². The number of esters is 6. The Kier molecular flexibility index (Phi) is 21.5. The Morgan fingerprint density at radius 2 is 1.00 bits per heavy atom. The van der Waals surface area contributed by atoms with E-state index >= 15 is 0 Å². The lowest BCUT2D eigenvalue weighted by atomic mass is 9.95. The predicted octanol–water partition coefficient (Wildman–Crippen LogP) is 2.30. The number of alkyl halides is 6. The molecule has 0 radical (unpaired) electrons. The third-order valence-electron chi connectivity index (χ3n) is 11.2. The van der Waals surface area contributed by atoms with Crippen LogP contribution in [0.3, 0.4) is 0 Å². The lowest BCUT2D eigenvalue weighted by Crippen LogP contribution is -2.69. The van der Waals surface area contributed by atoms with Gasteiger partial charge < -0.3 is 72.4 Å². The summed E-state index contributed by atoms with van der Waals surface area (Å²) in [6.07, 6.45) is -17.6. The normalized spacial score (nSPS) is 30.5. The van der Waals surface area contributed by atoms with Crippen molar-refractivity contribution in [3.8, 4) is 0 Å². The van der Waals surface area contributed by atoms with Crippen LogP contribution in [0.1, 0.15) is 47.1 Å². The molecule has 4 aliphatic rings. The molecular formula is C44H54Cl6N4O20. The molecule has 5 rings (SSSR count). The third-order valence-corrected chi connectivity index (χ3v) is 12.3. The molecule has 2 N–H and O–H groups in total. The van der Waals surface area contributed by atoms with Gasteiger partial charge in [-0.25, -0.2) is 4.99 Å². The lowest BCUT2D eigenvalue weighted by Gasteiger charge is -2.47. The molecule has 1 saturated carbocycles. The summed E-state index contributed by atoms with van der Waals surface area (Å²) in [5.41, 5.74) is 0.754. The van der Waals surface area contributed by atoms with Crippen LogP contribution in [-0.4, -0.2) is 186 Å². The van der Waals surface area contributed by atoms with Crippen molar-refractivity contribution in [1.82, 2.24) is 15.5 Å². The first-order chi connectivity index (χ1) is 34.5. The Hall–Kier alpha value is -4.21. The second kappa shape index (κ2) is 26.2. The van der Waals surface area contributed by atoms with Gasteiger partial charge in [-0.05, 0) is 5.56 Å². The maximum Gasteiger partial charge on any atom is 0.303 e. The van der Waals surface area contributed by atoms with Gasteiger partial charge in [0.15, 0.2) is 37.0 Å². The van der Waals surface area contributed by atoms with Gasteiger partial charge in [0.25, 0.3) is 25.4 Å². The van der Waals surface area contributed by atoms with E-state index in [1.165, 1.54) is 0 Å². The zero-order chi connectivity index (χ0) is 55.0. The van der Waals surface area contributed by atoms with Gasteiger partial charge in [0.2, 0.25) is 0 Å². The Labute approximate surface area is 454 Å². The average Bonchev–Trinajstić information content (AvgIpc) is 3.83. The molecule has 30 heteroatoms. The summed E-state index contributed by atoms with van der Waals surface area (Å²) in [5.74, 6) is -9.01. The summed E-state index contributed by atoms with van der Waals surface area (Å²) in [5, 5.41) is 4.90. The number of amides is 2. The van der Waals surface area contributed by atoms with Gasteiger partial charge in [0, 0.05) is 55.6 Å². The number of carbonyl (C=O) groups excluding carboxylic acids is 8. The highest BCUT2D eigenvalue weighted by Crippen LogP contribution is 2.44. The van der Waals surface area contributed by atoms with Gasteiger partial charge >= 0.3 is 35.8 Å². The van der Waals surface area contributed by atoms with Crippen LogP contribution in [0.25, 0.3) is 0 Å². The number of ether oxygens (including phenoxy) is 12. The molecule has 0 spiro atoms. The number of nitrogens with zero attached hydrogens (tertiary/aromatic N) is 2. The molecule has 3 unspecified atom stereocenters. The molecule has 412 valence electrons. The van der Waals surface area contributed by atoms with Crippen molar-refractivity contribution in [2.45, 2.75) is 141 Å². The maximum absolute atomic E-state index is 13.6.